The van der Waals surface area contributed by atoms with Crippen LogP contribution in [0.3, 0.4) is 0 Å². The Morgan fingerprint density at radius 3 is 2.61 bits per heavy atom. The van der Waals surface area contributed by atoms with E-state index >= 15 is 0 Å². The summed E-state index contributed by atoms with van der Waals surface area (Å²) < 4.78 is 11.5. The first-order valence-corrected chi connectivity index (χ1v) is 11.2. The zero-order valence-electron chi connectivity index (χ0n) is 17.2. The number of hydrogen-bond acceptors (Lipinski definition) is 4. The van der Waals surface area contributed by atoms with Crippen LogP contribution >= 0.6 is 15.9 Å². The van der Waals surface area contributed by atoms with E-state index in [1.54, 1.807) is 14.2 Å². The van der Waals surface area contributed by atoms with Crippen LogP contribution in [0.4, 0.5) is 0 Å². The minimum absolute atomic E-state index is 0.132. The Bertz CT molecular complexity index is 647. The van der Waals surface area contributed by atoms with Gasteiger partial charge in [-0.1, -0.05) is 15.9 Å². The van der Waals surface area contributed by atoms with Crippen molar-refractivity contribution in [1.29, 1.82) is 0 Å². The fourth-order valence-corrected chi connectivity index (χ4v) is 4.89. The number of hydrogen-bond donors (Lipinski definition) is 0. The first-order valence-electron chi connectivity index (χ1n) is 10.4. The minimum atomic E-state index is 0.132. The standard InChI is InChI=1S/C22H33BrN2O3/c1-27-16-22(26)25-11-7-17(8-12-25)5-9-24-10-6-18(15-24)13-19-14-20(28-2)3-4-21(19)23/h3-4,14,17-18H,5-13,15-16H2,1-2H3. The minimum Gasteiger partial charge on any atom is -0.497 e. The van der Waals surface area contributed by atoms with E-state index < -0.39 is 0 Å². The number of methoxy groups -OCH3 is 2. The number of ether oxygens (including phenoxy) is 2. The largest absolute Gasteiger partial charge is 0.497 e. The van der Waals surface area contributed by atoms with Crippen LogP contribution in [0.1, 0.15) is 31.2 Å². The average Bonchev–Trinajstić information content (AvgIpc) is 3.16. The van der Waals surface area contributed by atoms with E-state index in [-0.39, 0.29) is 12.5 Å². The number of nitrogens with zero attached hydrogens (tertiary/aromatic N) is 2. The molecule has 0 aliphatic carbocycles. The summed E-state index contributed by atoms with van der Waals surface area (Å²) in [4.78, 5) is 16.5. The van der Waals surface area contributed by atoms with Gasteiger partial charge in [0.2, 0.25) is 5.91 Å². The van der Waals surface area contributed by atoms with Gasteiger partial charge in [0, 0.05) is 31.2 Å². The molecule has 1 atom stereocenters. The molecular formula is C22H33BrN2O3. The van der Waals surface area contributed by atoms with Gasteiger partial charge in [-0.05, 0) is 80.8 Å². The highest BCUT2D eigenvalue weighted by Gasteiger charge is 2.26. The molecule has 0 aromatic heterocycles. The van der Waals surface area contributed by atoms with Crippen molar-refractivity contribution in [2.24, 2.45) is 11.8 Å². The van der Waals surface area contributed by atoms with Crippen LogP contribution in [-0.4, -0.2) is 69.3 Å². The maximum atomic E-state index is 11.9. The summed E-state index contributed by atoms with van der Waals surface area (Å²) in [5.41, 5.74) is 1.35. The highest BCUT2D eigenvalue weighted by Crippen LogP contribution is 2.29. The Morgan fingerprint density at radius 1 is 1.14 bits per heavy atom. The van der Waals surface area contributed by atoms with Gasteiger partial charge in [-0.2, -0.15) is 0 Å². The van der Waals surface area contributed by atoms with Crippen LogP contribution in [0.25, 0.3) is 0 Å². The normalized spacial score (nSPS) is 21.2. The molecule has 0 N–H and O–H groups in total. The lowest BCUT2D eigenvalue weighted by molar-refractivity contribution is -0.136. The molecule has 6 heteroatoms. The van der Waals surface area contributed by atoms with Crippen LogP contribution in [0.15, 0.2) is 22.7 Å². The number of likely N-dealkylation sites (tertiary alicyclic amines) is 2. The molecule has 1 amide bonds. The Balaban J connectivity index is 1.38. The van der Waals surface area contributed by atoms with Crippen LogP contribution in [0.5, 0.6) is 5.75 Å². The molecule has 2 aliphatic heterocycles. The van der Waals surface area contributed by atoms with E-state index in [1.807, 2.05) is 11.0 Å². The van der Waals surface area contributed by atoms with Crippen molar-refractivity contribution in [2.45, 2.75) is 32.1 Å². The second-order valence-electron chi connectivity index (χ2n) is 8.16. The van der Waals surface area contributed by atoms with Gasteiger partial charge in [-0.3, -0.25) is 4.79 Å². The molecule has 1 aromatic rings. The molecule has 28 heavy (non-hydrogen) atoms. The van der Waals surface area contributed by atoms with E-state index in [2.05, 4.69) is 33.0 Å². The molecular weight excluding hydrogens is 420 g/mol. The third kappa shape index (κ3) is 5.94. The van der Waals surface area contributed by atoms with Crippen LogP contribution in [-0.2, 0) is 16.0 Å². The van der Waals surface area contributed by atoms with Crippen LogP contribution in [0.2, 0.25) is 0 Å². The Hall–Kier alpha value is -1.11. The van der Waals surface area contributed by atoms with E-state index in [1.165, 1.54) is 42.5 Å². The fraction of sp³-hybridized carbons (Fsp3) is 0.682. The van der Waals surface area contributed by atoms with Crippen molar-refractivity contribution in [3.05, 3.63) is 28.2 Å². The van der Waals surface area contributed by atoms with E-state index in [4.69, 9.17) is 9.47 Å². The van der Waals surface area contributed by atoms with Crippen molar-refractivity contribution in [3.8, 4) is 5.75 Å². The lowest BCUT2D eigenvalue weighted by atomic mass is 9.93. The summed E-state index contributed by atoms with van der Waals surface area (Å²) >= 11 is 3.68. The van der Waals surface area contributed by atoms with Gasteiger partial charge in [0.05, 0.1) is 7.11 Å². The maximum absolute atomic E-state index is 11.9. The number of rotatable bonds is 8. The van der Waals surface area contributed by atoms with E-state index in [9.17, 15) is 4.79 Å². The molecule has 0 saturated carbocycles. The zero-order valence-corrected chi connectivity index (χ0v) is 18.7. The molecule has 1 aromatic carbocycles. The number of piperidine rings is 1. The highest BCUT2D eigenvalue weighted by molar-refractivity contribution is 9.10. The van der Waals surface area contributed by atoms with Gasteiger partial charge in [0.25, 0.3) is 0 Å². The first kappa shape index (κ1) is 21.6. The maximum Gasteiger partial charge on any atom is 0.248 e. The predicted molar refractivity (Wildman–Crippen MR) is 115 cm³/mol. The summed E-state index contributed by atoms with van der Waals surface area (Å²) in [6, 6.07) is 6.25. The number of halogens is 1. The zero-order chi connectivity index (χ0) is 19.9. The lowest BCUT2D eigenvalue weighted by Gasteiger charge is -2.32. The topological polar surface area (TPSA) is 42.0 Å². The molecule has 0 radical (unpaired) electrons. The molecule has 2 saturated heterocycles. The van der Waals surface area contributed by atoms with Crippen molar-refractivity contribution < 1.29 is 14.3 Å². The van der Waals surface area contributed by atoms with Crippen LogP contribution in [0, 0.1) is 11.8 Å². The first-order chi connectivity index (χ1) is 13.6. The number of amides is 1. The Labute approximate surface area is 177 Å². The molecule has 156 valence electrons. The fourth-order valence-electron chi connectivity index (χ4n) is 4.48. The van der Waals surface area contributed by atoms with E-state index in [0.717, 1.165) is 49.9 Å². The third-order valence-electron chi connectivity index (χ3n) is 6.22. The quantitative estimate of drug-likeness (QED) is 0.604. The van der Waals surface area contributed by atoms with Crippen molar-refractivity contribution in [3.63, 3.8) is 0 Å². The second kappa shape index (κ2) is 10.6. The van der Waals surface area contributed by atoms with Gasteiger partial charge >= 0.3 is 0 Å². The molecule has 5 nitrogen and oxygen atoms in total. The molecule has 0 spiro atoms. The summed E-state index contributed by atoms with van der Waals surface area (Å²) in [5.74, 6) is 2.53. The SMILES string of the molecule is COCC(=O)N1CCC(CCN2CCC(Cc3cc(OC)ccc3Br)C2)CC1. The van der Waals surface area contributed by atoms with Gasteiger partial charge < -0.3 is 19.3 Å². The van der Waals surface area contributed by atoms with E-state index in [0.29, 0.717) is 0 Å². The molecule has 1 unspecified atom stereocenters. The van der Waals surface area contributed by atoms with Crippen molar-refractivity contribution >= 4 is 21.8 Å². The van der Waals surface area contributed by atoms with Crippen molar-refractivity contribution in [2.75, 3.05) is 53.6 Å². The molecule has 2 heterocycles. The summed E-state index contributed by atoms with van der Waals surface area (Å²) in [6.45, 7) is 5.57. The average molecular weight is 453 g/mol. The molecule has 2 aliphatic rings. The summed E-state index contributed by atoms with van der Waals surface area (Å²) in [6.07, 6.45) is 5.89. The van der Waals surface area contributed by atoms with Gasteiger partial charge in [0.1, 0.15) is 12.4 Å². The number of carbonyl (C=O) groups excluding carboxylic acids is 1. The Morgan fingerprint density at radius 2 is 1.89 bits per heavy atom. The van der Waals surface area contributed by atoms with Crippen molar-refractivity contribution in [1.82, 2.24) is 9.80 Å². The lowest BCUT2D eigenvalue weighted by Crippen LogP contribution is -2.40. The summed E-state index contributed by atoms with van der Waals surface area (Å²) in [7, 11) is 3.31. The molecule has 0 bridgehead atoms. The van der Waals surface area contributed by atoms with Gasteiger partial charge in [-0.25, -0.2) is 0 Å². The molecule has 3 rings (SSSR count). The third-order valence-corrected chi connectivity index (χ3v) is 6.99. The van der Waals surface area contributed by atoms with Gasteiger partial charge in [-0.15, -0.1) is 0 Å². The van der Waals surface area contributed by atoms with Crippen LogP contribution < -0.4 is 4.74 Å². The summed E-state index contributed by atoms with van der Waals surface area (Å²) in [5, 5.41) is 0. The smallest absolute Gasteiger partial charge is 0.248 e. The van der Waals surface area contributed by atoms with Gasteiger partial charge in [0.15, 0.2) is 0 Å². The highest BCUT2D eigenvalue weighted by atomic mass is 79.9. The number of benzene rings is 1. The molecule has 2 fully saturated rings. The Kier molecular flexibility index (Phi) is 8.18. The second-order valence-corrected chi connectivity index (χ2v) is 9.02. The monoisotopic (exact) mass is 452 g/mol. The predicted octanol–water partition coefficient (Wildman–Crippen LogP) is 3.60. The number of carbonyl (C=O) groups is 1.